The normalized spacial score (nSPS) is 11.0. The van der Waals surface area contributed by atoms with Crippen LogP contribution in [0, 0.1) is 0 Å². The van der Waals surface area contributed by atoms with Crippen molar-refractivity contribution < 1.29 is 20.4 Å². The highest BCUT2D eigenvalue weighted by Crippen LogP contribution is 2.21. The Morgan fingerprint density at radius 3 is 1.58 bits per heavy atom. The molecule has 0 aliphatic carbocycles. The Hall–Kier alpha value is -3.33. The maximum absolute atomic E-state index is 9.58. The second-order valence-electron chi connectivity index (χ2n) is 4.56. The summed E-state index contributed by atoms with van der Waals surface area (Å²) in [5.74, 6) is -0.358. The van der Waals surface area contributed by atoms with E-state index in [0.29, 0.717) is 11.1 Å². The van der Waals surface area contributed by atoms with Crippen LogP contribution in [0.1, 0.15) is 11.1 Å². The molecule has 0 spiro atoms. The maximum atomic E-state index is 9.58. The maximum Gasteiger partial charge on any atom is 0.207 e. The number of rotatable bonds is 4. The van der Waals surface area contributed by atoms with E-state index in [1.54, 1.807) is 0 Å². The number of thiocarbonyl (C=S) groups is 1. The van der Waals surface area contributed by atoms with Crippen molar-refractivity contribution in [2.75, 3.05) is 0 Å². The zero-order chi connectivity index (χ0) is 17.5. The van der Waals surface area contributed by atoms with Crippen LogP contribution in [-0.2, 0) is 0 Å². The Labute approximate surface area is 142 Å². The van der Waals surface area contributed by atoms with Gasteiger partial charge >= 0.3 is 0 Å². The van der Waals surface area contributed by atoms with Crippen LogP contribution in [0.3, 0.4) is 0 Å². The summed E-state index contributed by atoms with van der Waals surface area (Å²) in [6.45, 7) is 0. The summed E-state index contributed by atoms with van der Waals surface area (Å²) in [6.07, 6.45) is 2.64. The summed E-state index contributed by atoms with van der Waals surface area (Å²) in [6, 6.07) is 8.16. The highest BCUT2D eigenvalue weighted by atomic mass is 32.1. The molecule has 124 valence electrons. The summed E-state index contributed by atoms with van der Waals surface area (Å²) >= 11 is 4.94. The van der Waals surface area contributed by atoms with Gasteiger partial charge in [-0.2, -0.15) is 10.2 Å². The first-order valence-electron chi connectivity index (χ1n) is 6.62. The van der Waals surface area contributed by atoms with Crippen molar-refractivity contribution in [1.82, 2.24) is 10.9 Å². The second kappa shape index (κ2) is 7.79. The van der Waals surface area contributed by atoms with Crippen LogP contribution in [-0.4, -0.2) is 38.0 Å². The molecule has 0 heterocycles. The molecule has 0 saturated carbocycles. The van der Waals surface area contributed by atoms with Gasteiger partial charge in [0.1, 0.15) is 23.0 Å². The summed E-state index contributed by atoms with van der Waals surface area (Å²) in [5.41, 5.74) is 5.74. The average molecular weight is 346 g/mol. The third-order valence-electron chi connectivity index (χ3n) is 2.77. The van der Waals surface area contributed by atoms with Crippen LogP contribution in [0.25, 0.3) is 0 Å². The van der Waals surface area contributed by atoms with Gasteiger partial charge in [0.05, 0.1) is 12.4 Å². The number of nitrogens with one attached hydrogen (secondary N) is 2. The Balaban J connectivity index is 1.87. The molecule has 0 aliphatic rings. The van der Waals surface area contributed by atoms with Gasteiger partial charge < -0.3 is 20.4 Å². The number of hydrazone groups is 2. The van der Waals surface area contributed by atoms with Gasteiger partial charge in [0.2, 0.25) is 5.11 Å². The van der Waals surface area contributed by atoms with E-state index in [1.165, 1.54) is 48.8 Å². The first kappa shape index (κ1) is 17.0. The first-order valence-corrected chi connectivity index (χ1v) is 7.02. The van der Waals surface area contributed by atoms with E-state index in [1.807, 2.05) is 0 Å². The summed E-state index contributed by atoms with van der Waals surface area (Å²) in [7, 11) is 0. The van der Waals surface area contributed by atoms with Crippen LogP contribution in [0.4, 0.5) is 0 Å². The molecule has 0 aromatic heterocycles. The lowest BCUT2D eigenvalue weighted by atomic mass is 10.2. The quantitative estimate of drug-likeness (QED) is 0.280. The molecule has 6 N–H and O–H groups in total. The molecule has 2 rings (SSSR count). The molecular formula is C15H14N4O4S. The van der Waals surface area contributed by atoms with Crippen LogP contribution in [0.15, 0.2) is 46.6 Å². The fraction of sp³-hybridized carbons (Fsp3) is 0. The minimum atomic E-state index is -0.125. The van der Waals surface area contributed by atoms with E-state index in [0.717, 1.165) is 0 Å². The molecule has 0 aliphatic heterocycles. The monoisotopic (exact) mass is 346 g/mol. The van der Waals surface area contributed by atoms with Gasteiger partial charge in [0, 0.05) is 23.3 Å². The van der Waals surface area contributed by atoms with Crippen molar-refractivity contribution in [3.63, 3.8) is 0 Å². The summed E-state index contributed by atoms with van der Waals surface area (Å²) in [4.78, 5) is 0. The first-order chi connectivity index (χ1) is 11.5. The van der Waals surface area contributed by atoms with Crippen molar-refractivity contribution >= 4 is 29.8 Å². The highest BCUT2D eigenvalue weighted by molar-refractivity contribution is 7.80. The molecule has 9 heteroatoms. The molecular weight excluding hydrogens is 332 g/mol. The van der Waals surface area contributed by atoms with Gasteiger partial charge in [-0.05, 0) is 36.5 Å². The van der Waals surface area contributed by atoms with Gasteiger partial charge in [-0.1, -0.05) is 0 Å². The van der Waals surface area contributed by atoms with E-state index < -0.39 is 0 Å². The molecule has 0 bridgehead atoms. The van der Waals surface area contributed by atoms with E-state index in [2.05, 4.69) is 21.1 Å². The van der Waals surface area contributed by atoms with Gasteiger partial charge in [0.15, 0.2) is 0 Å². The third-order valence-corrected chi connectivity index (χ3v) is 2.95. The topological polar surface area (TPSA) is 130 Å². The Kier molecular flexibility index (Phi) is 5.53. The zero-order valence-corrected chi connectivity index (χ0v) is 13.0. The second-order valence-corrected chi connectivity index (χ2v) is 4.96. The van der Waals surface area contributed by atoms with Crippen molar-refractivity contribution in [2.45, 2.75) is 0 Å². The van der Waals surface area contributed by atoms with Gasteiger partial charge in [0.25, 0.3) is 0 Å². The average Bonchev–Trinajstić information content (AvgIpc) is 2.51. The van der Waals surface area contributed by atoms with Crippen LogP contribution >= 0.6 is 12.2 Å². The molecule has 0 atom stereocenters. The van der Waals surface area contributed by atoms with Crippen molar-refractivity contribution in [3.05, 3.63) is 47.5 Å². The number of benzene rings is 2. The minimum absolute atomic E-state index is 0.0541. The lowest BCUT2D eigenvalue weighted by molar-refractivity contribution is 0.449. The van der Waals surface area contributed by atoms with Crippen LogP contribution in [0.5, 0.6) is 23.0 Å². The number of hydrogen-bond acceptors (Lipinski definition) is 7. The standard InChI is InChI=1S/C15H14N4O4S/c20-11-3-1-9(13(22)5-11)7-16-18-15(24)19-17-8-10-2-4-12(21)6-14(10)23/h1-8,20-23H,(H2,18,19,24)/b16-7-,17-8-. The van der Waals surface area contributed by atoms with Crippen molar-refractivity contribution in [2.24, 2.45) is 10.2 Å². The minimum Gasteiger partial charge on any atom is -0.508 e. The predicted octanol–water partition coefficient (Wildman–Crippen LogP) is 1.34. The van der Waals surface area contributed by atoms with Crippen LogP contribution in [0.2, 0.25) is 0 Å². The molecule has 0 fully saturated rings. The number of aromatic hydroxyl groups is 4. The molecule has 0 radical (unpaired) electrons. The number of phenolic OH excluding ortho intramolecular Hbond substituents is 4. The van der Waals surface area contributed by atoms with Crippen molar-refractivity contribution in [3.8, 4) is 23.0 Å². The number of hydrogen-bond donors (Lipinski definition) is 6. The lowest BCUT2D eigenvalue weighted by Gasteiger charge is -2.03. The van der Waals surface area contributed by atoms with E-state index in [-0.39, 0.29) is 28.1 Å². The molecule has 0 unspecified atom stereocenters. The fourth-order valence-corrected chi connectivity index (χ4v) is 1.73. The third kappa shape index (κ3) is 4.85. The van der Waals surface area contributed by atoms with Crippen molar-refractivity contribution in [1.29, 1.82) is 0 Å². The van der Waals surface area contributed by atoms with E-state index in [9.17, 15) is 20.4 Å². The molecule has 0 amide bonds. The van der Waals surface area contributed by atoms with Gasteiger partial charge in [-0.25, -0.2) is 0 Å². The fourth-order valence-electron chi connectivity index (χ4n) is 1.63. The number of phenols is 4. The predicted molar refractivity (Wildman–Crippen MR) is 93.6 cm³/mol. The Morgan fingerprint density at radius 1 is 0.792 bits per heavy atom. The molecule has 0 saturated heterocycles. The molecule has 8 nitrogen and oxygen atoms in total. The summed E-state index contributed by atoms with van der Waals surface area (Å²) < 4.78 is 0. The zero-order valence-electron chi connectivity index (χ0n) is 12.2. The SMILES string of the molecule is Oc1ccc(/C=N\NC(=S)N/N=C\c2ccc(O)cc2O)c(O)c1. The largest absolute Gasteiger partial charge is 0.508 e. The van der Waals surface area contributed by atoms with E-state index in [4.69, 9.17) is 12.2 Å². The number of nitrogens with zero attached hydrogens (tertiary/aromatic N) is 2. The Morgan fingerprint density at radius 2 is 1.21 bits per heavy atom. The van der Waals surface area contributed by atoms with Gasteiger partial charge in [-0.15, -0.1) is 0 Å². The molecule has 2 aromatic rings. The summed E-state index contributed by atoms with van der Waals surface area (Å²) in [5, 5.41) is 45.2. The van der Waals surface area contributed by atoms with Gasteiger partial charge in [-0.3, -0.25) is 10.9 Å². The lowest BCUT2D eigenvalue weighted by Crippen LogP contribution is -2.28. The Bertz CT molecular complexity index is 743. The van der Waals surface area contributed by atoms with Crippen LogP contribution < -0.4 is 10.9 Å². The van der Waals surface area contributed by atoms with E-state index >= 15 is 0 Å². The smallest absolute Gasteiger partial charge is 0.207 e. The molecule has 2 aromatic carbocycles. The molecule has 24 heavy (non-hydrogen) atoms. The highest BCUT2D eigenvalue weighted by Gasteiger charge is 2.00.